The highest BCUT2D eigenvalue weighted by Crippen LogP contribution is 2.15. The van der Waals surface area contributed by atoms with E-state index in [1.807, 2.05) is 0 Å². The van der Waals surface area contributed by atoms with Crippen molar-refractivity contribution >= 4 is 33.2 Å². The topological polar surface area (TPSA) is 75.3 Å². The van der Waals surface area contributed by atoms with Crippen molar-refractivity contribution in [2.24, 2.45) is 0 Å². The Morgan fingerprint density at radius 3 is 2.57 bits per heavy atom. The molecule has 0 aliphatic rings. The molecule has 0 spiro atoms. The highest BCUT2D eigenvalue weighted by molar-refractivity contribution is 7.89. The zero-order valence-corrected chi connectivity index (χ0v) is 13.5. The number of halogens is 2. The Kier molecular flexibility index (Phi) is 5.70. The largest absolute Gasteiger partial charge is 0.326 e. The average Bonchev–Trinajstić information content (AvgIpc) is 2.47. The maximum atomic E-state index is 13.0. The Morgan fingerprint density at radius 2 is 1.87 bits per heavy atom. The number of amides is 1. The van der Waals surface area contributed by atoms with Gasteiger partial charge in [-0.25, -0.2) is 17.5 Å². The summed E-state index contributed by atoms with van der Waals surface area (Å²) in [6, 6.07) is 11.2. The molecule has 122 valence electrons. The van der Waals surface area contributed by atoms with Gasteiger partial charge in [-0.15, -0.1) is 0 Å². The van der Waals surface area contributed by atoms with Gasteiger partial charge >= 0.3 is 0 Å². The molecule has 0 saturated carbocycles. The number of sulfonamides is 1. The molecule has 0 bridgehead atoms. The lowest BCUT2D eigenvalue weighted by Gasteiger charge is -2.08. The lowest BCUT2D eigenvalue weighted by Crippen LogP contribution is -2.27. The molecule has 8 heteroatoms. The van der Waals surface area contributed by atoms with Crippen LogP contribution in [0.3, 0.4) is 0 Å². The molecule has 2 rings (SSSR count). The van der Waals surface area contributed by atoms with Gasteiger partial charge in [-0.2, -0.15) is 0 Å². The molecular weight excluding hydrogens is 343 g/mol. The molecule has 0 radical (unpaired) electrons. The van der Waals surface area contributed by atoms with E-state index < -0.39 is 21.7 Å². The Hall–Kier alpha value is -1.96. The number of hydrogen-bond donors (Lipinski definition) is 2. The monoisotopic (exact) mass is 356 g/mol. The van der Waals surface area contributed by atoms with Crippen LogP contribution in [-0.2, 0) is 14.8 Å². The lowest BCUT2D eigenvalue weighted by atomic mass is 10.3. The first-order chi connectivity index (χ1) is 10.9. The van der Waals surface area contributed by atoms with Gasteiger partial charge in [0.25, 0.3) is 0 Å². The van der Waals surface area contributed by atoms with Crippen LogP contribution < -0.4 is 10.0 Å². The number of carbonyl (C=O) groups excluding carboxylic acids is 1. The SMILES string of the molecule is O=C(CCNS(=O)(=O)c1cccc(Cl)c1)Nc1cccc(F)c1. The molecule has 2 N–H and O–H groups in total. The van der Waals surface area contributed by atoms with Crippen LogP contribution in [0.2, 0.25) is 5.02 Å². The summed E-state index contributed by atoms with van der Waals surface area (Å²) in [7, 11) is -3.73. The summed E-state index contributed by atoms with van der Waals surface area (Å²) in [4.78, 5) is 11.7. The minimum atomic E-state index is -3.73. The van der Waals surface area contributed by atoms with Gasteiger partial charge in [0.2, 0.25) is 15.9 Å². The first-order valence-corrected chi connectivity index (χ1v) is 8.53. The van der Waals surface area contributed by atoms with Crippen LogP contribution >= 0.6 is 11.6 Å². The molecule has 1 amide bonds. The van der Waals surface area contributed by atoms with Crippen molar-refractivity contribution in [2.75, 3.05) is 11.9 Å². The fourth-order valence-electron chi connectivity index (χ4n) is 1.81. The van der Waals surface area contributed by atoms with Gasteiger partial charge in [0.15, 0.2) is 0 Å². The van der Waals surface area contributed by atoms with Crippen molar-refractivity contribution < 1.29 is 17.6 Å². The van der Waals surface area contributed by atoms with E-state index in [1.165, 1.54) is 42.5 Å². The second kappa shape index (κ2) is 7.54. The van der Waals surface area contributed by atoms with E-state index in [1.54, 1.807) is 6.07 Å². The predicted octanol–water partition coefficient (Wildman–Crippen LogP) is 2.79. The van der Waals surface area contributed by atoms with Crippen molar-refractivity contribution in [2.45, 2.75) is 11.3 Å². The second-order valence-corrected chi connectivity index (χ2v) is 6.87. The van der Waals surface area contributed by atoms with Gasteiger partial charge in [0.1, 0.15) is 5.82 Å². The van der Waals surface area contributed by atoms with Crippen LogP contribution in [0.25, 0.3) is 0 Å². The third-order valence-electron chi connectivity index (χ3n) is 2.86. The second-order valence-electron chi connectivity index (χ2n) is 4.66. The standard InChI is InChI=1S/C15H14ClFN2O3S/c16-11-3-1-6-14(9-11)23(21,22)18-8-7-15(20)19-13-5-2-4-12(17)10-13/h1-6,9-10,18H,7-8H2,(H,19,20). The number of benzene rings is 2. The Bertz CT molecular complexity index is 812. The number of anilines is 1. The normalized spacial score (nSPS) is 11.2. The van der Waals surface area contributed by atoms with E-state index in [9.17, 15) is 17.6 Å². The molecule has 0 aliphatic carbocycles. The third-order valence-corrected chi connectivity index (χ3v) is 4.55. The van der Waals surface area contributed by atoms with E-state index in [-0.39, 0.29) is 17.9 Å². The third kappa shape index (κ3) is 5.31. The van der Waals surface area contributed by atoms with Crippen LogP contribution in [0.15, 0.2) is 53.4 Å². The van der Waals surface area contributed by atoms with Crippen molar-refractivity contribution in [3.8, 4) is 0 Å². The highest BCUT2D eigenvalue weighted by Gasteiger charge is 2.14. The maximum absolute atomic E-state index is 13.0. The molecule has 0 aromatic heterocycles. The van der Waals surface area contributed by atoms with Crippen LogP contribution in [0.1, 0.15) is 6.42 Å². The number of nitrogens with one attached hydrogen (secondary N) is 2. The molecule has 0 heterocycles. The molecule has 2 aromatic rings. The first kappa shape index (κ1) is 17.4. The molecular formula is C15H14ClFN2O3S. The number of hydrogen-bond acceptors (Lipinski definition) is 3. The summed E-state index contributed by atoms with van der Waals surface area (Å²) >= 11 is 5.75. The van der Waals surface area contributed by atoms with Crippen molar-refractivity contribution in [1.82, 2.24) is 4.72 Å². The minimum absolute atomic E-state index is 0.0236. The Balaban J connectivity index is 1.88. The van der Waals surface area contributed by atoms with Gasteiger partial charge < -0.3 is 5.32 Å². The molecule has 0 aliphatic heterocycles. The number of carbonyl (C=O) groups is 1. The van der Waals surface area contributed by atoms with Gasteiger partial charge in [-0.3, -0.25) is 4.79 Å². The first-order valence-electron chi connectivity index (χ1n) is 6.67. The number of rotatable bonds is 6. The molecule has 0 fully saturated rings. The lowest BCUT2D eigenvalue weighted by molar-refractivity contribution is -0.116. The Labute approximate surface area is 138 Å². The van der Waals surface area contributed by atoms with Crippen molar-refractivity contribution in [3.05, 3.63) is 59.4 Å². The van der Waals surface area contributed by atoms with Gasteiger partial charge in [-0.05, 0) is 36.4 Å². The van der Waals surface area contributed by atoms with Crippen LogP contribution in [0, 0.1) is 5.82 Å². The molecule has 5 nitrogen and oxygen atoms in total. The fraction of sp³-hybridized carbons (Fsp3) is 0.133. The van der Waals surface area contributed by atoms with E-state index >= 15 is 0 Å². The molecule has 23 heavy (non-hydrogen) atoms. The summed E-state index contributed by atoms with van der Waals surface area (Å²) < 4.78 is 39.3. The highest BCUT2D eigenvalue weighted by atomic mass is 35.5. The van der Waals surface area contributed by atoms with Crippen LogP contribution in [0.4, 0.5) is 10.1 Å². The quantitative estimate of drug-likeness (QED) is 0.835. The summed E-state index contributed by atoms with van der Waals surface area (Å²) in [6.45, 7) is -0.0873. The van der Waals surface area contributed by atoms with E-state index in [0.29, 0.717) is 10.7 Å². The summed E-state index contributed by atoms with van der Waals surface area (Å²) in [5.74, 6) is -0.895. The summed E-state index contributed by atoms with van der Waals surface area (Å²) in [6.07, 6.45) is -0.0870. The summed E-state index contributed by atoms with van der Waals surface area (Å²) in [5, 5.41) is 2.79. The van der Waals surface area contributed by atoms with Crippen LogP contribution in [-0.4, -0.2) is 20.9 Å². The van der Waals surface area contributed by atoms with Crippen LogP contribution in [0.5, 0.6) is 0 Å². The minimum Gasteiger partial charge on any atom is -0.326 e. The fourth-order valence-corrected chi connectivity index (χ4v) is 3.14. The van der Waals surface area contributed by atoms with E-state index in [0.717, 1.165) is 0 Å². The molecule has 2 aromatic carbocycles. The molecule has 0 atom stereocenters. The Morgan fingerprint density at radius 1 is 1.13 bits per heavy atom. The molecule has 0 unspecified atom stereocenters. The van der Waals surface area contributed by atoms with E-state index in [2.05, 4.69) is 10.0 Å². The predicted molar refractivity (Wildman–Crippen MR) is 86.3 cm³/mol. The van der Waals surface area contributed by atoms with Gasteiger partial charge in [0.05, 0.1) is 4.90 Å². The smallest absolute Gasteiger partial charge is 0.240 e. The average molecular weight is 357 g/mol. The van der Waals surface area contributed by atoms with Crippen molar-refractivity contribution in [3.63, 3.8) is 0 Å². The zero-order chi connectivity index (χ0) is 16.9. The van der Waals surface area contributed by atoms with E-state index in [4.69, 9.17) is 11.6 Å². The summed E-state index contributed by atoms with van der Waals surface area (Å²) in [5.41, 5.74) is 0.313. The van der Waals surface area contributed by atoms with Gasteiger partial charge in [-0.1, -0.05) is 23.7 Å². The molecule has 0 saturated heterocycles. The zero-order valence-electron chi connectivity index (χ0n) is 11.9. The maximum Gasteiger partial charge on any atom is 0.240 e. The van der Waals surface area contributed by atoms with Gasteiger partial charge in [0, 0.05) is 23.7 Å². The van der Waals surface area contributed by atoms with Crippen molar-refractivity contribution in [1.29, 1.82) is 0 Å².